The van der Waals surface area contributed by atoms with Crippen molar-refractivity contribution < 1.29 is 19.4 Å². The number of rotatable bonds is 2. The van der Waals surface area contributed by atoms with Crippen LogP contribution < -0.4 is 0 Å². The van der Waals surface area contributed by atoms with Crippen LogP contribution >= 0.6 is 0 Å². The van der Waals surface area contributed by atoms with Crippen molar-refractivity contribution in [2.45, 2.75) is 19.4 Å². The summed E-state index contributed by atoms with van der Waals surface area (Å²) >= 11 is 0. The van der Waals surface area contributed by atoms with Crippen LogP contribution in [0.5, 0.6) is 0 Å². The van der Waals surface area contributed by atoms with Crippen LogP contribution in [0.4, 0.5) is 4.79 Å². The van der Waals surface area contributed by atoms with Crippen LogP contribution in [0.25, 0.3) is 0 Å². The first-order valence-corrected chi connectivity index (χ1v) is 3.89. The average Bonchev–Trinajstić information content (AvgIpc) is 1.79. The molecule has 1 rings (SSSR count). The van der Waals surface area contributed by atoms with Gasteiger partial charge in [0.25, 0.3) is 0 Å². The molecule has 1 saturated heterocycles. The van der Waals surface area contributed by atoms with Gasteiger partial charge < -0.3 is 9.84 Å². The molecule has 0 saturated carbocycles. The first-order valence-electron chi connectivity index (χ1n) is 3.89. The highest BCUT2D eigenvalue weighted by Gasteiger charge is 2.38. The van der Waals surface area contributed by atoms with Gasteiger partial charge in [-0.1, -0.05) is 6.58 Å². The third-order valence-electron chi connectivity index (χ3n) is 1.80. The minimum Gasteiger partial charge on any atom is -0.480 e. The number of carbonyl (C=O) groups excluding carboxylic acids is 1. The van der Waals surface area contributed by atoms with Crippen molar-refractivity contribution in [2.75, 3.05) is 6.54 Å². The molecular formula is C8H11NO4. The summed E-state index contributed by atoms with van der Waals surface area (Å²) in [5, 5.41) is 8.61. The lowest BCUT2D eigenvalue weighted by Crippen LogP contribution is -2.55. The Hall–Kier alpha value is -1.52. The van der Waals surface area contributed by atoms with E-state index in [9.17, 15) is 9.59 Å². The van der Waals surface area contributed by atoms with Crippen LogP contribution in [0.2, 0.25) is 0 Å². The van der Waals surface area contributed by atoms with E-state index >= 15 is 0 Å². The molecule has 1 amide bonds. The lowest BCUT2D eigenvalue weighted by Gasteiger charge is -2.36. The summed E-state index contributed by atoms with van der Waals surface area (Å²) in [5.74, 6) is -0.731. The van der Waals surface area contributed by atoms with Crippen LogP contribution in [0.15, 0.2) is 12.3 Å². The summed E-state index contributed by atoms with van der Waals surface area (Å²) in [6, 6.07) is -0.730. The molecule has 1 aliphatic rings. The molecule has 5 heteroatoms. The number of allylic oxidation sites excluding steroid dienone is 1. The van der Waals surface area contributed by atoms with Gasteiger partial charge in [-0.25, -0.2) is 9.59 Å². The molecule has 0 spiro atoms. The zero-order valence-electron chi connectivity index (χ0n) is 7.32. The van der Waals surface area contributed by atoms with Gasteiger partial charge in [0.2, 0.25) is 0 Å². The van der Waals surface area contributed by atoms with E-state index in [1.165, 1.54) is 6.92 Å². The number of hydrogen-bond donors (Lipinski definition) is 1. The van der Waals surface area contributed by atoms with Gasteiger partial charge in [0.15, 0.2) is 0 Å². The van der Waals surface area contributed by atoms with Crippen LogP contribution in [-0.2, 0) is 9.53 Å². The largest absolute Gasteiger partial charge is 0.480 e. The molecular weight excluding hydrogens is 174 g/mol. The highest BCUT2D eigenvalue weighted by Crippen LogP contribution is 2.19. The number of carbonyl (C=O) groups is 2. The van der Waals surface area contributed by atoms with Crippen LogP contribution in [-0.4, -0.2) is 34.7 Å². The minimum absolute atomic E-state index is 0.265. The van der Waals surface area contributed by atoms with Gasteiger partial charge in [0.1, 0.15) is 6.04 Å². The number of nitrogens with zero attached hydrogens (tertiary/aromatic N) is 1. The second-order valence-corrected chi connectivity index (χ2v) is 2.91. The summed E-state index contributed by atoms with van der Waals surface area (Å²) < 4.78 is 4.66. The maximum Gasteiger partial charge on any atom is 0.415 e. The van der Waals surface area contributed by atoms with E-state index in [-0.39, 0.29) is 5.76 Å². The Bertz CT molecular complexity index is 261. The van der Waals surface area contributed by atoms with E-state index in [0.717, 1.165) is 4.90 Å². The van der Waals surface area contributed by atoms with Crippen molar-refractivity contribution >= 4 is 12.1 Å². The third kappa shape index (κ3) is 1.99. The Labute approximate surface area is 75.6 Å². The molecule has 1 heterocycles. The Morgan fingerprint density at radius 3 is 2.54 bits per heavy atom. The quantitative estimate of drug-likeness (QED) is 0.646. The van der Waals surface area contributed by atoms with Crippen LogP contribution in [0, 0.1) is 0 Å². The summed E-state index contributed by atoms with van der Waals surface area (Å²) in [6.45, 7) is 5.36. The molecule has 0 aliphatic carbocycles. The number of amides is 1. The van der Waals surface area contributed by atoms with Crippen molar-refractivity contribution in [1.29, 1.82) is 0 Å². The number of aliphatic carboxylic acids is 1. The van der Waals surface area contributed by atoms with Gasteiger partial charge in [-0.3, -0.25) is 4.90 Å². The maximum absolute atomic E-state index is 11.1. The van der Waals surface area contributed by atoms with Crippen LogP contribution in [0.1, 0.15) is 13.3 Å². The fourth-order valence-electron chi connectivity index (χ4n) is 1.07. The number of hydrogen-bond acceptors (Lipinski definition) is 3. The lowest BCUT2D eigenvalue weighted by molar-refractivity contribution is -0.146. The van der Waals surface area contributed by atoms with Gasteiger partial charge in [-0.2, -0.15) is 0 Å². The molecule has 0 aromatic rings. The van der Waals surface area contributed by atoms with Gasteiger partial charge in [0, 0.05) is 6.54 Å². The third-order valence-corrected chi connectivity index (χ3v) is 1.80. The van der Waals surface area contributed by atoms with E-state index in [1.54, 1.807) is 0 Å². The van der Waals surface area contributed by atoms with Gasteiger partial charge in [-0.05, 0) is 13.3 Å². The Kier molecular flexibility index (Phi) is 2.55. The van der Waals surface area contributed by atoms with Crippen molar-refractivity contribution in [3.05, 3.63) is 12.3 Å². The molecule has 5 nitrogen and oxygen atoms in total. The van der Waals surface area contributed by atoms with Crippen LogP contribution in [0.3, 0.4) is 0 Å². The summed E-state index contributed by atoms with van der Waals surface area (Å²) in [7, 11) is 0. The predicted molar refractivity (Wildman–Crippen MR) is 44.0 cm³/mol. The second kappa shape index (κ2) is 3.47. The SMILES string of the molecule is C=C(C)OC(=O)N1CC[C@H]1C(=O)O. The maximum atomic E-state index is 11.1. The van der Waals surface area contributed by atoms with Crippen molar-refractivity contribution in [3.8, 4) is 0 Å². The fraction of sp³-hybridized carbons (Fsp3) is 0.500. The zero-order chi connectivity index (χ0) is 10.0. The van der Waals surface area contributed by atoms with Crippen molar-refractivity contribution in [1.82, 2.24) is 4.90 Å². The molecule has 1 fully saturated rings. The highest BCUT2D eigenvalue weighted by atomic mass is 16.6. The summed E-state index contributed by atoms with van der Waals surface area (Å²) in [5.41, 5.74) is 0. The van der Waals surface area contributed by atoms with Gasteiger partial charge in [0.05, 0.1) is 5.76 Å². The Morgan fingerprint density at radius 2 is 2.23 bits per heavy atom. The molecule has 0 bridgehead atoms. The lowest BCUT2D eigenvalue weighted by atomic mass is 10.1. The number of ether oxygens (including phenoxy) is 1. The molecule has 0 radical (unpaired) electrons. The molecule has 13 heavy (non-hydrogen) atoms. The first kappa shape index (κ1) is 9.57. The molecule has 1 atom stereocenters. The monoisotopic (exact) mass is 185 g/mol. The number of carboxylic acid groups (broad SMARTS) is 1. The second-order valence-electron chi connectivity index (χ2n) is 2.91. The van der Waals surface area contributed by atoms with E-state index in [1.807, 2.05) is 0 Å². The minimum atomic E-state index is -0.995. The van der Waals surface area contributed by atoms with E-state index < -0.39 is 18.1 Å². The smallest absolute Gasteiger partial charge is 0.415 e. The molecule has 72 valence electrons. The standard InChI is InChI=1S/C8H11NO4/c1-5(2)13-8(12)9-4-3-6(9)7(10)11/h6H,1,3-4H2,2H3,(H,10,11)/t6-/m0/s1. The van der Waals surface area contributed by atoms with Crippen molar-refractivity contribution in [3.63, 3.8) is 0 Å². The normalized spacial score (nSPS) is 20.4. The zero-order valence-corrected chi connectivity index (χ0v) is 7.32. The van der Waals surface area contributed by atoms with Crippen molar-refractivity contribution in [2.24, 2.45) is 0 Å². The molecule has 0 aromatic carbocycles. The summed E-state index contributed by atoms with van der Waals surface area (Å²) in [6.07, 6.45) is -0.146. The fourth-order valence-corrected chi connectivity index (χ4v) is 1.07. The van der Waals surface area contributed by atoms with E-state index in [4.69, 9.17) is 5.11 Å². The Morgan fingerprint density at radius 1 is 1.62 bits per heavy atom. The number of likely N-dealkylation sites (tertiary alicyclic amines) is 1. The average molecular weight is 185 g/mol. The molecule has 1 N–H and O–H groups in total. The molecule has 0 aromatic heterocycles. The molecule has 1 aliphatic heterocycles. The Balaban J connectivity index is 2.49. The van der Waals surface area contributed by atoms with E-state index in [2.05, 4.69) is 11.3 Å². The van der Waals surface area contributed by atoms with Gasteiger partial charge in [-0.15, -0.1) is 0 Å². The number of carboxylic acids is 1. The van der Waals surface area contributed by atoms with Gasteiger partial charge >= 0.3 is 12.1 Å². The topological polar surface area (TPSA) is 66.8 Å². The highest BCUT2D eigenvalue weighted by molar-refractivity contribution is 5.82. The first-order chi connectivity index (χ1) is 6.02. The predicted octanol–water partition coefficient (Wildman–Crippen LogP) is 0.816. The van der Waals surface area contributed by atoms with E-state index in [0.29, 0.717) is 13.0 Å². The molecule has 0 unspecified atom stereocenters. The summed E-state index contributed by atoms with van der Waals surface area (Å²) in [4.78, 5) is 22.8.